The van der Waals surface area contributed by atoms with Gasteiger partial charge in [0.05, 0.1) is 18.8 Å². The van der Waals surface area contributed by atoms with E-state index in [4.69, 9.17) is 13.9 Å². The summed E-state index contributed by atoms with van der Waals surface area (Å²) in [5.74, 6) is -2.38. The first-order valence-electron chi connectivity index (χ1n) is 12.0. The number of benzene rings is 2. The quantitative estimate of drug-likeness (QED) is 0.161. The summed E-state index contributed by atoms with van der Waals surface area (Å²) >= 11 is 0. The number of halogens is 4. The van der Waals surface area contributed by atoms with Gasteiger partial charge >= 0.3 is 12.1 Å². The summed E-state index contributed by atoms with van der Waals surface area (Å²) in [5, 5.41) is 0. The molecule has 4 rings (SSSR count). The maximum absolute atomic E-state index is 13.5. The number of ketones is 1. The zero-order valence-corrected chi connectivity index (χ0v) is 21.1. The lowest BCUT2D eigenvalue weighted by Gasteiger charge is -2.19. The van der Waals surface area contributed by atoms with E-state index < -0.39 is 17.9 Å². The zero-order valence-electron chi connectivity index (χ0n) is 21.1. The Morgan fingerprint density at radius 3 is 2.39 bits per heavy atom. The Kier molecular flexibility index (Phi) is 7.99. The lowest BCUT2D eigenvalue weighted by Crippen LogP contribution is -2.11. The maximum Gasteiger partial charge on any atom is 0.468 e. The Balaban J connectivity index is 1.70. The van der Waals surface area contributed by atoms with Crippen LogP contribution >= 0.6 is 0 Å². The zero-order chi connectivity index (χ0) is 27.4. The van der Waals surface area contributed by atoms with E-state index in [9.17, 15) is 22.4 Å². The number of carbonyl (C=O) groups is 1. The molecule has 0 bridgehead atoms. The van der Waals surface area contributed by atoms with Crippen LogP contribution in [0, 0.1) is 12.7 Å². The van der Waals surface area contributed by atoms with Crippen molar-refractivity contribution in [3.8, 4) is 11.5 Å². The first kappa shape index (κ1) is 27.1. The third-order valence-corrected chi connectivity index (χ3v) is 6.16. The van der Waals surface area contributed by atoms with Crippen LogP contribution in [0.15, 0.2) is 53.1 Å². The third kappa shape index (κ3) is 5.95. The minimum absolute atomic E-state index is 0.00209. The van der Waals surface area contributed by atoms with Crippen molar-refractivity contribution in [2.24, 2.45) is 0 Å². The molecular weight excluding hydrogens is 504 g/mol. The van der Waals surface area contributed by atoms with Crippen molar-refractivity contribution in [1.29, 1.82) is 0 Å². The molecule has 38 heavy (non-hydrogen) atoms. The molecule has 0 aliphatic carbocycles. The lowest BCUT2D eigenvalue weighted by molar-refractivity contribution is -0.156. The molecular formula is C28H26F4N2O4. The Labute approximate surface area is 216 Å². The summed E-state index contributed by atoms with van der Waals surface area (Å²) in [6.45, 7) is 4.86. The number of hydrogen-bond acceptors (Lipinski definition) is 6. The number of Topliss-reactive ketones (excluding diaryl/α,β-unsaturated/α-hetero) is 1. The molecule has 0 N–H and O–H groups in total. The van der Waals surface area contributed by atoms with Crippen LogP contribution < -0.4 is 9.47 Å². The molecule has 0 fully saturated rings. The summed E-state index contributed by atoms with van der Waals surface area (Å²) in [7, 11) is 0. The Bertz CT molecular complexity index is 1420. The minimum atomic E-state index is -4.84. The average molecular weight is 531 g/mol. The average Bonchev–Trinajstić information content (AvgIpc) is 3.33. The molecule has 0 saturated heterocycles. The second-order valence-electron chi connectivity index (χ2n) is 8.92. The number of carbonyl (C=O) groups excluding carboxylic acids is 1. The number of ether oxygens (including phenoxy) is 2. The second-order valence-corrected chi connectivity index (χ2v) is 8.92. The highest BCUT2D eigenvalue weighted by Gasteiger charge is 2.39. The smallest absolute Gasteiger partial charge is 0.468 e. The van der Waals surface area contributed by atoms with Crippen molar-refractivity contribution in [2.45, 2.75) is 45.7 Å². The normalized spacial score (nSPS) is 12.5. The number of nitrogens with zero attached hydrogens (tertiary/aromatic N) is 2. The lowest BCUT2D eigenvalue weighted by atomic mass is 9.98. The Morgan fingerprint density at radius 2 is 1.76 bits per heavy atom. The van der Waals surface area contributed by atoms with Gasteiger partial charge in [0.1, 0.15) is 11.3 Å². The van der Waals surface area contributed by atoms with E-state index in [1.165, 1.54) is 26.0 Å². The molecule has 1 unspecified atom stereocenters. The Morgan fingerprint density at radius 1 is 1.05 bits per heavy atom. The number of aromatic nitrogens is 2. The van der Waals surface area contributed by atoms with Gasteiger partial charge in [-0.2, -0.15) is 13.2 Å². The summed E-state index contributed by atoms with van der Waals surface area (Å²) < 4.78 is 70.8. The molecule has 0 spiro atoms. The monoisotopic (exact) mass is 530 g/mol. The van der Waals surface area contributed by atoms with Gasteiger partial charge in [-0.05, 0) is 61.6 Å². The van der Waals surface area contributed by atoms with Crippen LogP contribution in [-0.4, -0.2) is 29.0 Å². The second kappa shape index (κ2) is 11.2. The number of fused-ring (bicyclic) bond motifs is 1. The molecule has 6 nitrogen and oxygen atoms in total. The van der Waals surface area contributed by atoms with E-state index in [2.05, 4.69) is 9.97 Å². The molecule has 0 saturated carbocycles. The van der Waals surface area contributed by atoms with Gasteiger partial charge in [-0.15, -0.1) is 0 Å². The predicted molar refractivity (Wildman–Crippen MR) is 132 cm³/mol. The van der Waals surface area contributed by atoms with Gasteiger partial charge in [0.25, 0.3) is 0 Å². The predicted octanol–water partition coefficient (Wildman–Crippen LogP) is 7.09. The van der Waals surface area contributed by atoms with Gasteiger partial charge in [0, 0.05) is 18.3 Å². The highest BCUT2D eigenvalue weighted by atomic mass is 19.4. The fraction of sp³-hybridized carbons (Fsp3) is 0.321. The molecule has 1 atom stereocenters. The molecule has 200 valence electrons. The summed E-state index contributed by atoms with van der Waals surface area (Å²) in [6.07, 6.45) is -2.36. The molecule has 2 aromatic heterocycles. The van der Waals surface area contributed by atoms with Crippen molar-refractivity contribution < 1.29 is 36.2 Å². The standard InChI is InChI=1S/C28H26F4N2O4/c1-16(19-7-9-20(29)10-8-19)11-14-37-26-24(36-15-12-21-6-4-5-13-33-21)22(18(3)35)17(2)23-25(26)38-27(34-23)28(30,31)32/h4-10,13,16H,11-12,14-15H2,1-3H3. The van der Waals surface area contributed by atoms with Gasteiger partial charge in [-0.25, -0.2) is 9.37 Å². The number of rotatable bonds is 10. The summed E-state index contributed by atoms with van der Waals surface area (Å²) in [4.78, 5) is 20.5. The number of aryl methyl sites for hydroxylation is 1. The van der Waals surface area contributed by atoms with Crippen molar-refractivity contribution in [1.82, 2.24) is 9.97 Å². The van der Waals surface area contributed by atoms with E-state index >= 15 is 0 Å². The largest absolute Gasteiger partial charge is 0.488 e. The Hall–Kier alpha value is -3.95. The molecule has 0 aliphatic rings. The van der Waals surface area contributed by atoms with Crippen LogP contribution in [0.25, 0.3) is 11.1 Å². The van der Waals surface area contributed by atoms with E-state index in [0.717, 1.165) is 11.3 Å². The number of alkyl halides is 3. The topological polar surface area (TPSA) is 74.5 Å². The van der Waals surface area contributed by atoms with E-state index in [1.54, 1.807) is 24.4 Å². The highest BCUT2D eigenvalue weighted by molar-refractivity contribution is 6.05. The van der Waals surface area contributed by atoms with E-state index in [1.807, 2.05) is 19.1 Å². The first-order chi connectivity index (χ1) is 18.1. The van der Waals surface area contributed by atoms with Crippen molar-refractivity contribution in [3.63, 3.8) is 0 Å². The molecule has 2 heterocycles. The van der Waals surface area contributed by atoms with Crippen LogP contribution in [0.2, 0.25) is 0 Å². The van der Waals surface area contributed by atoms with Gasteiger partial charge < -0.3 is 13.9 Å². The van der Waals surface area contributed by atoms with Gasteiger partial charge in [0.2, 0.25) is 11.3 Å². The van der Waals surface area contributed by atoms with Crippen LogP contribution in [0.5, 0.6) is 11.5 Å². The molecule has 2 aromatic carbocycles. The third-order valence-electron chi connectivity index (χ3n) is 6.16. The molecule has 0 aliphatic heterocycles. The van der Waals surface area contributed by atoms with Gasteiger partial charge in [-0.3, -0.25) is 9.78 Å². The number of oxazole rings is 1. The fourth-order valence-electron chi connectivity index (χ4n) is 4.15. The SMILES string of the molecule is CC(=O)c1c(OCCc2ccccn2)c(OCCC(C)c2ccc(F)cc2)c2oc(C(F)(F)F)nc2c1C. The van der Waals surface area contributed by atoms with E-state index in [0.29, 0.717) is 12.8 Å². The van der Waals surface area contributed by atoms with Crippen molar-refractivity contribution in [3.05, 3.63) is 82.8 Å². The molecule has 0 radical (unpaired) electrons. The van der Waals surface area contributed by atoms with Crippen LogP contribution in [-0.2, 0) is 12.6 Å². The molecule has 10 heteroatoms. The maximum atomic E-state index is 13.5. The molecule has 4 aromatic rings. The summed E-state index contributed by atoms with van der Waals surface area (Å²) in [5.41, 5.74) is 1.51. The van der Waals surface area contributed by atoms with Crippen LogP contribution in [0.1, 0.15) is 59.3 Å². The van der Waals surface area contributed by atoms with Crippen LogP contribution in [0.3, 0.4) is 0 Å². The van der Waals surface area contributed by atoms with Gasteiger partial charge in [-0.1, -0.05) is 25.1 Å². The highest BCUT2D eigenvalue weighted by Crippen LogP contribution is 2.44. The summed E-state index contributed by atoms with van der Waals surface area (Å²) in [6, 6.07) is 11.4. The number of hydrogen-bond donors (Lipinski definition) is 0. The fourth-order valence-corrected chi connectivity index (χ4v) is 4.15. The minimum Gasteiger partial charge on any atom is -0.488 e. The molecule has 0 amide bonds. The van der Waals surface area contributed by atoms with Crippen molar-refractivity contribution in [2.75, 3.05) is 13.2 Å². The number of pyridine rings is 1. The first-order valence-corrected chi connectivity index (χ1v) is 12.0. The van der Waals surface area contributed by atoms with Crippen molar-refractivity contribution >= 4 is 16.9 Å². The van der Waals surface area contributed by atoms with Crippen LogP contribution in [0.4, 0.5) is 17.6 Å². The van der Waals surface area contributed by atoms with Gasteiger partial charge in [0.15, 0.2) is 11.5 Å². The van der Waals surface area contributed by atoms with E-state index in [-0.39, 0.29) is 58.7 Å².